The van der Waals surface area contributed by atoms with Gasteiger partial charge in [0.25, 0.3) is 0 Å². The normalized spacial score (nSPS) is 11.2. The van der Waals surface area contributed by atoms with E-state index in [1.54, 1.807) is 6.92 Å². The lowest BCUT2D eigenvalue weighted by molar-refractivity contribution is -0.710. The van der Waals surface area contributed by atoms with Gasteiger partial charge in [-0.25, -0.2) is 0 Å². The first-order valence-electron chi connectivity index (χ1n) is 5.38. The SMILES string of the molecule is CCCCN(CCOC(=O)CC)/[N+]([O-])=N/O. The largest absolute Gasteiger partial charge is 0.569 e. The summed E-state index contributed by atoms with van der Waals surface area (Å²) < 4.78 is 4.83. The Morgan fingerprint density at radius 3 is 2.69 bits per heavy atom. The number of rotatable bonds is 8. The summed E-state index contributed by atoms with van der Waals surface area (Å²) in [7, 11) is 0. The van der Waals surface area contributed by atoms with Crippen molar-refractivity contribution in [2.75, 3.05) is 19.7 Å². The summed E-state index contributed by atoms with van der Waals surface area (Å²) in [6.45, 7) is 4.48. The van der Waals surface area contributed by atoms with Crippen molar-refractivity contribution in [3.63, 3.8) is 0 Å². The molecule has 0 aliphatic carbocycles. The number of hydrogen-bond acceptors (Lipinski definition) is 4. The number of unbranched alkanes of at least 4 members (excludes halogenated alkanes) is 1. The molecule has 1 N–H and O–H groups in total. The maximum atomic E-state index is 11.0. The fraction of sp³-hybridized carbons (Fsp3) is 0.889. The standard InChI is InChI=1S/C9H19N3O4/c1-3-5-6-11(12(15)10-14)7-8-16-9(13)4-2/h14H,3-8H2,1-2H3/b12-10-. The molecule has 0 fully saturated rings. The first-order chi connectivity index (χ1) is 7.65. The van der Waals surface area contributed by atoms with Crippen LogP contribution in [-0.4, -0.2) is 40.9 Å². The molecular formula is C9H19N3O4. The van der Waals surface area contributed by atoms with Gasteiger partial charge in [0.05, 0.1) is 11.5 Å². The molecule has 7 heteroatoms. The minimum absolute atomic E-state index is 0.107. The van der Waals surface area contributed by atoms with Crippen LogP contribution in [0.2, 0.25) is 0 Å². The van der Waals surface area contributed by atoms with Crippen LogP contribution in [0.4, 0.5) is 0 Å². The zero-order valence-electron chi connectivity index (χ0n) is 9.76. The third-order valence-corrected chi connectivity index (χ3v) is 1.99. The van der Waals surface area contributed by atoms with Crippen LogP contribution in [-0.2, 0) is 9.53 Å². The van der Waals surface area contributed by atoms with Crippen LogP contribution >= 0.6 is 0 Å². The van der Waals surface area contributed by atoms with E-state index in [1.165, 1.54) is 5.01 Å². The molecular weight excluding hydrogens is 214 g/mol. The van der Waals surface area contributed by atoms with Crippen molar-refractivity contribution < 1.29 is 19.7 Å². The fourth-order valence-electron chi connectivity index (χ4n) is 1.05. The van der Waals surface area contributed by atoms with Crippen LogP contribution in [0.25, 0.3) is 0 Å². The van der Waals surface area contributed by atoms with Crippen molar-refractivity contribution in [1.82, 2.24) is 5.01 Å². The Morgan fingerprint density at radius 2 is 2.19 bits per heavy atom. The molecule has 94 valence electrons. The van der Waals surface area contributed by atoms with E-state index in [0.29, 0.717) is 13.0 Å². The lowest BCUT2D eigenvalue weighted by atomic mass is 10.3. The molecule has 7 nitrogen and oxygen atoms in total. The van der Waals surface area contributed by atoms with Gasteiger partial charge in [-0.3, -0.25) is 4.79 Å². The number of carbonyl (C=O) groups excluding carboxylic acids is 1. The monoisotopic (exact) mass is 233 g/mol. The summed E-state index contributed by atoms with van der Waals surface area (Å²) in [5.41, 5.74) is 0. The third kappa shape index (κ3) is 6.05. The van der Waals surface area contributed by atoms with Gasteiger partial charge in [-0.15, -0.1) is 5.01 Å². The van der Waals surface area contributed by atoms with Crippen LogP contribution in [0.1, 0.15) is 33.1 Å². The number of nitrogens with zero attached hydrogens (tertiary/aromatic N) is 3. The Morgan fingerprint density at radius 1 is 1.50 bits per heavy atom. The van der Waals surface area contributed by atoms with Gasteiger partial charge in [0.1, 0.15) is 13.2 Å². The van der Waals surface area contributed by atoms with Crippen molar-refractivity contribution in [2.45, 2.75) is 33.1 Å². The number of carbonyl (C=O) groups is 1. The summed E-state index contributed by atoms with van der Waals surface area (Å²) in [4.78, 5) is 10.9. The van der Waals surface area contributed by atoms with Gasteiger partial charge in [-0.1, -0.05) is 20.3 Å². The highest BCUT2D eigenvalue weighted by molar-refractivity contribution is 5.68. The van der Waals surface area contributed by atoms with E-state index in [2.05, 4.69) is 5.28 Å². The maximum absolute atomic E-state index is 11.0. The second kappa shape index (κ2) is 8.75. The zero-order chi connectivity index (χ0) is 12.4. The lowest BCUT2D eigenvalue weighted by Crippen LogP contribution is -2.35. The molecule has 0 amide bonds. The maximum Gasteiger partial charge on any atom is 0.305 e. The van der Waals surface area contributed by atoms with E-state index in [4.69, 9.17) is 9.94 Å². The van der Waals surface area contributed by atoms with Crippen LogP contribution < -0.4 is 0 Å². The number of ether oxygens (including phenoxy) is 1. The average Bonchev–Trinajstić information content (AvgIpc) is 2.32. The molecule has 0 aromatic carbocycles. The second-order valence-electron chi connectivity index (χ2n) is 3.22. The summed E-state index contributed by atoms with van der Waals surface area (Å²) in [5, 5.41) is 23.2. The van der Waals surface area contributed by atoms with Crippen LogP contribution in [0.3, 0.4) is 0 Å². The van der Waals surface area contributed by atoms with E-state index < -0.39 is 0 Å². The predicted molar refractivity (Wildman–Crippen MR) is 55.6 cm³/mol. The van der Waals surface area contributed by atoms with E-state index in [-0.39, 0.29) is 24.1 Å². The molecule has 0 bridgehead atoms. The number of esters is 1. The van der Waals surface area contributed by atoms with Crippen LogP contribution in [0.15, 0.2) is 5.28 Å². The molecule has 16 heavy (non-hydrogen) atoms. The summed E-state index contributed by atoms with van der Waals surface area (Å²) in [6.07, 6.45) is 2.03. The molecule has 0 aliphatic rings. The summed E-state index contributed by atoms with van der Waals surface area (Å²) in [6, 6.07) is 0. The Balaban J connectivity index is 3.96. The summed E-state index contributed by atoms with van der Waals surface area (Å²) in [5.74, 6) is -0.311. The predicted octanol–water partition coefficient (Wildman–Crippen LogP) is 1.31. The first kappa shape index (κ1) is 14.5. The van der Waals surface area contributed by atoms with Crippen LogP contribution in [0, 0.1) is 5.21 Å². The molecule has 0 atom stereocenters. The van der Waals surface area contributed by atoms with Gasteiger partial charge in [0.15, 0.2) is 0 Å². The lowest BCUT2D eigenvalue weighted by Gasteiger charge is -2.16. The zero-order valence-corrected chi connectivity index (χ0v) is 9.76. The van der Waals surface area contributed by atoms with Crippen molar-refractivity contribution in [3.8, 4) is 0 Å². The van der Waals surface area contributed by atoms with E-state index >= 15 is 0 Å². The minimum Gasteiger partial charge on any atom is -0.569 e. The van der Waals surface area contributed by atoms with Crippen LogP contribution in [0.5, 0.6) is 0 Å². The Hall–Kier alpha value is -1.53. The van der Waals surface area contributed by atoms with E-state index in [9.17, 15) is 10.0 Å². The average molecular weight is 233 g/mol. The van der Waals surface area contributed by atoms with Gasteiger partial charge >= 0.3 is 5.97 Å². The molecule has 0 saturated carbocycles. The van der Waals surface area contributed by atoms with Gasteiger partial charge in [0, 0.05) is 6.42 Å². The second-order valence-corrected chi connectivity index (χ2v) is 3.22. The first-order valence-corrected chi connectivity index (χ1v) is 5.38. The highest BCUT2D eigenvalue weighted by Crippen LogP contribution is 1.97. The summed E-state index contributed by atoms with van der Waals surface area (Å²) >= 11 is 0. The molecule has 0 radical (unpaired) electrons. The molecule has 0 aliphatic heterocycles. The Bertz CT molecular complexity index is 233. The number of hydrogen-bond donors (Lipinski definition) is 1. The highest BCUT2D eigenvalue weighted by atomic mass is 16.6. The van der Waals surface area contributed by atoms with E-state index in [0.717, 1.165) is 12.8 Å². The Kier molecular flexibility index (Phi) is 7.92. The van der Waals surface area contributed by atoms with Crippen molar-refractivity contribution in [2.24, 2.45) is 5.28 Å². The van der Waals surface area contributed by atoms with Gasteiger partial charge in [0.2, 0.25) is 5.28 Å². The molecule has 0 rings (SSSR count). The van der Waals surface area contributed by atoms with Gasteiger partial charge < -0.3 is 15.2 Å². The van der Waals surface area contributed by atoms with Gasteiger partial charge in [-0.05, 0) is 6.42 Å². The van der Waals surface area contributed by atoms with Crippen molar-refractivity contribution in [3.05, 3.63) is 5.21 Å². The van der Waals surface area contributed by atoms with Crippen molar-refractivity contribution in [1.29, 1.82) is 0 Å². The molecule has 0 spiro atoms. The molecule has 0 heterocycles. The molecule has 0 aromatic heterocycles. The van der Waals surface area contributed by atoms with Crippen molar-refractivity contribution >= 4 is 5.97 Å². The third-order valence-electron chi connectivity index (χ3n) is 1.99. The Labute approximate surface area is 94.8 Å². The topological polar surface area (TPSA) is 88.2 Å². The van der Waals surface area contributed by atoms with Gasteiger partial charge in [-0.2, -0.15) is 0 Å². The molecule has 0 saturated heterocycles. The van der Waals surface area contributed by atoms with E-state index in [1.807, 2.05) is 6.92 Å². The molecule has 0 unspecified atom stereocenters. The molecule has 0 aromatic rings. The number of hydrazine groups is 1. The minimum atomic E-state index is -0.311. The quantitative estimate of drug-likeness (QED) is 0.295. The smallest absolute Gasteiger partial charge is 0.305 e. The highest BCUT2D eigenvalue weighted by Gasteiger charge is 2.12. The fourth-order valence-corrected chi connectivity index (χ4v) is 1.05.